The number of hydrogen-bond donors (Lipinski definition) is 1. The summed E-state index contributed by atoms with van der Waals surface area (Å²) in [5, 5.41) is 2.98. The predicted octanol–water partition coefficient (Wildman–Crippen LogP) is 6.16. The van der Waals surface area contributed by atoms with E-state index in [1.807, 2.05) is 78.6 Å². The molecule has 2 amide bonds. The van der Waals surface area contributed by atoms with Gasteiger partial charge in [0.2, 0.25) is 11.8 Å². The Morgan fingerprint density at radius 1 is 1.03 bits per heavy atom. The van der Waals surface area contributed by atoms with Crippen LogP contribution in [0.3, 0.4) is 0 Å². The lowest BCUT2D eigenvalue weighted by Gasteiger charge is -2.25. The number of rotatable bonds is 7. The van der Waals surface area contributed by atoms with E-state index >= 15 is 0 Å². The average molecular weight is 445 g/mol. The van der Waals surface area contributed by atoms with Crippen LogP contribution in [0.1, 0.15) is 48.3 Å². The van der Waals surface area contributed by atoms with Gasteiger partial charge >= 0.3 is 0 Å². The highest BCUT2D eigenvalue weighted by molar-refractivity contribution is 8.00. The molecule has 3 aromatic carbocycles. The molecule has 0 aliphatic carbocycles. The fourth-order valence-corrected chi connectivity index (χ4v) is 5.30. The normalized spacial score (nSPS) is 16.8. The molecule has 164 valence electrons. The number of hydrogen-bond acceptors (Lipinski definition) is 3. The van der Waals surface area contributed by atoms with Crippen molar-refractivity contribution in [3.63, 3.8) is 0 Å². The molecule has 0 unspecified atom stereocenters. The second-order valence-electron chi connectivity index (χ2n) is 7.94. The Bertz CT molecular complexity index is 1100. The maximum atomic E-state index is 13.0. The number of carbonyl (C=O) groups excluding carboxylic acids is 2. The van der Waals surface area contributed by atoms with E-state index in [-0.39, 0.29) is 23.1 Å². The number of amides is 2. The van der Waals surface area contributed by atoms with Gasteiger partial charge < -0.3 is 5.32 Å². The number of benzene rings is 3. The Labute approximate surface area is 194 Å². The number of nitrogens with one attached hydrogen (secondary N) is 1. The van der Waals surface area contributed by atoms with E-state index in [0.717, 1.165) is 35.3 Å². The lowest BCUT2D eigenvalue weighted by molar-refractivity contribution is -0.118. The molecular formula is C27H28N2O2S. The minimum Gasteiger partial charge on any atom is -0.326 e. The topological polar surface area (TPSA) is 49.4 Å². The zero-order valence-corrected chi connectivity index (χ0v) is 19.3. The number of thioether (sulfide) groups is 1. The summed E-state index contributed by atoms with van der Waals surface area (Å²) in [6.45, 7) is 4.14. The van der Waals surface area contributed by atoms with Crippen LogP contribution in [0.25, 0.3) is 0 Å². The van der Waals surface area contributed by atoms with Crippen molar-refractivity contribution in [1.29, 1.82) is 0 Å². The highest BCUT2D eigenvalue weighted by atomic mass is 32.2. The summed E-state index contributed by atoms with van der Waals surface area (Å²) in [7, 11) is 0. The monoisotopic (exact) mass is 444 g/mol. The molecule has 0 saturated carbocycles. The Balaban J connectivity index is 1.56. The van der Waals surface area contributed by atoms with Gasteiger partial charge in [-0.1, -0.05) is 68.4 Å². The molecule has 1 saturated heterocycles. The fraction of sp³-hybridized carbons (Fsp3) is 0.259. The molecule has 0 bridgehead atoms. The SMILES string of the molecule is CCc1cccc(N2C(=O)CS[C@H]2c2cccc(NC(=O)[C@H](CC)c3ccccc3)c2)c1. The second kappa shape index (κ2) is 10.0. The van der Waals surface area contributed by atoms with Crippen molar-refractivity contribution in [3.05, 3.63) is 95.6 Å². The molecule has 1 heterocycles. The van der Waals surface area contributed by atoms with E-state index in [9.17, 15) is 9.59 Å². The van der Waals surface area contributed by atoms with Gasteiger partial charge in [0.25, 0.3) is 0 Å². The molecule has 1 aliphatic rings. The lowest BCUT2D eigenvalue weighted by Crippen LogP contribution is -2.28. The predicted molar refractivity (Wildman–Crippen MR) is 133 cm³/mol. The van der Waals surface area contributed by atoms with E-state index in [0.29, 0.717) is 5.75 Å². The van der Waals surface area contributed by atoms with Gasteiger partial charge in [0.1, 0.15) is 5.37 Å². The van der Waals surface area contributed by atoms with Crippen LogP contribution in [-0.2, 0) is 16.0 Å². The Kier molecular flexibility index (Phi) is 6.96. The highest BCUT2D eigenvalue weighted by Crippen LogP contribution is 2.42. The molecule has 1 aliphatic heterocycles. The fourth-order valence-electron chi connectivity index (χ4n) is 4.13. The van der Waals surface area contributed by atoms with Crippen LogP contribution in [0, 0.1) is 0 Å². The maximum absolute atomic E-state index is 13.0. The first-order valence-electron chi connectivity index (χ1n) is 11.1. The van der Waals surface area contributed by atoms with E-state index in [1.54, 1.807) is 11.8 Å². The third-order valence-corrected chi connectivity index (χ3v) is 7.04. The average Bonchev–Trinajstić information content (AvgIpc) is 3.22. The largest absolute Gasteiger partial charge is 0.326 e. The second-order valence-corrected chi connectivity index (χ2v) is 9.01. The van der Waals surface area contributed by atoms with Crippen LogP contribution in [0.2, 0.25) is 0 Å². The van der Waals surface area contributed by atoms with Crippen LogP contribution in [-0.4, -0.2) is 17.6 Å². The van der Waals surface area contributed by atoms with Crippen molar-refractivity contribution >= 4 is 35.0 Å². The van der Waals surface area contributed by atoms with Crippen LogP contribution in [0.5, 0.6) is 0 Å². The van der Waals surface area contributed by atoms with Crippen molar-refractivity contribution < 1.29 is 9.59 Å². The third-order valence-electron chi connectivity index (χ3n) is 5.83. The van der Waals surface area contributed by atoms with E-state index in [1.165, 1.54) is 5.56 Å². The van der Waals surface area contributed by atoms with E-state index < -0.39 is 0 Å². The van der Waals surface area contributed by atoms with Crippen molar-refractivity contribution in [1.82, 2.24) is 0 Å². The summed E-state index contributed by atoms with van der Waals surface area (Å²) in [4.78, 5) is 27.6. The Morgan fingerprint density at radius 2 is 1.81 bits per heavy atom. The highest BCUT2D eigenvalue weighted by Gasteiger charge is 2.34. The van der Waals surface area contributed by atoms with Crippen molar-refractivity contribution in [2.45, 2.75) is 38.0 Å². The van der Waals surface area contributed by atoms with Gasteiger partial charge in [0, 0.05) is 11.4 Å². The lowest BCUT2D eigenvalue weighted by atomic mass is 9.95. The van der Waals surface area contributed by atoms with Gasteiger partial charge in [-0.25, -0.2) is 0 Å². The Hall–Kier alpha value is -3.05. The summed E-state index contributed by atoms with van der Waals surface area (Å²) in [5.74, 6) is 0.343. The zero-order valence-electron chi connectivity index (χ0n) is 18.5. The van der Waals surface area contributed by atoms with Crippen LogP contribution >= 0.6 is 11.8 Å². The van der Waals surface area contributed by atoms with Gasteiger partial charge in [0.05, 0.1) is 11.7 Å². The van der Waals surface area contributed by atoms with E-state index in [2.05, 4.69) is 24.4 Å². The molecule has 4 nitrogen and oxygen atoms in total. The maximum Gasteiger partial charge on any atom is 0.238 e. The molecule has 3 aromatic rings. The van der Waals surface area contributed by atoms with Crippen molar-refractivity contribution in [2.24, 2.45) is 0 Å². The molecule has 1 N–H and O–H groups in total. The summed E-state index contributed by atoms with van der Waals surface area (Å²) < 4.78 is 0. The first-order valence-corrected chi connectivity index (χ1v) is 12.1. The number of nitrogens with zero attached hydrogens (tertiary/aromatic N) is 1. The third kappa shape index (κ3) is 4.73. The molecule has 4 rings (SSSR count). The number of aryl methyl sites for hydroxylation is 1. The van der Waals surface area contributed by atoms with Crippen LogP contribution in [0.15, 0.2) is 78.9 Å². The Morgan fingerprint density at radius 3 is 2.56 bits per heavy atom. The van der Waals surface area contributed by atoms with E-state index in [4.69, 9.17) is 0 Å². The summed E-state index contributed by atoms with van der Waals surface area (Å²) >= 11 is 1.62. The van der Waals surface area contributed by atoms with Crippen molar-refractivity contribution in [2.75, 3.05) is 16.0 Å². The van der Waals surface area contributed by atoms with Gasteiger partial charge in [-0.15, -0.1) is 11.8 Å². The zero-order chi connectivity index (χ0) is 22.5. The first kappa shape index (κ1) is 22.2. The number of anilines is 2. The summed E-state index contributed by atoms with van der Waals surface area (Å²) in [6, 6.07) is 25.9. The molecule has 0 radical (unpaired) electrons. The van der Waals surface area contributed by atoms with Gasteiger partial charge in [-0.05, 0) is 53.8 Å². The minimum atomic E-state index is -0.199. The molecule has 2 atom stereocenters. The minimum absolute atomic E-state index is 0.0153. The molecule has 32 heavy (non-hydrogen) atoms. The molecule has 1 fully saturated rings. The molecule has 5 heteroatoms. The molecular weight excluding hydrogens is 416 g/mol. The van der Waals surface area contributed by atoms with Crippen molar-refractivity contribution in [3.8, 4) is 0 Å². The van der Waals surface area contributed by atoms with Crippen LogP contribution < -0.4 is 10.2 Å². The smallest absolute Gasteiger partial charge is 0.238 e. The standard InChI is InChI=1S/C27H28N2O2S/c1-3-19-10-8-15-23(16-19)29-25(30)18-32-27(29)21-13-9-14-22(17-21)28-26(31)24(4-2)20-11-6-5-7-12-20/h5-17,24,27H,3-4,18H2,1-2H3,(H,28,31)/t24-,27+/m1/s1. The first-order chi connectivity index (χ1) is 15.6. The molecule has 0 spiro atoms. The van der Waals surface area contributed by atoms with Gasteiger partial charge in [-0.3, -0.25) is 14.5 Å². The number of carbonyl (C=O) groups is 2. The quantitative estimate of drug-likeness (QED) is 0.475. The molecule has 0 aromatic heterocycles. The van der Waals surface area contributed by atoms with Gasteiger partial charge in [0.15, 0.2) is 0 Å². The summed E-state index contributed by atoms with van der Waals surface area (Å²) in [5.41, 5.74) is 4.91. The van der Waals surface area contributed by atoms with Gasteiger partial charge in [-0.2, -0.15) is 0 Å². The summed E-state index contributed by atoms with van der Waals surface area (Å²) in [6.07, 6.45) is 1.65. The van der Waals surface area contributed by atoms with Crippen LogP contribution in [0.4, 0.5) is 11.4 Å².